The molecule has 94 valence electrons. The van der Waals surface area contributed by atoms with E-state index in [-0.39, 0.29) is 5.91 Å². The zero-order valence-electron chi connectivity index (χ0n) is 10.3. The molecule has 2 aromatic rings. The van der Waals surface area contributed by atoms with E-state index in [0.717, 1.165) is 11.1 Å². The first-order valence-corrected chi connectivity index (χ1v) is 5.92. The van der Waals surface area contributed by atoms with Crippen molar-refractivity contribution in [2.24, 2.45) is 0 Å². The molecule has 0 spiro atoms. The summed E-state index contributed by atoms with van der Waals surface area (Å²) in [5.41, 5.74) is 2.41. The number of rotatable bonds is 4. The van der Waals surface area contributed by atoms with Crippen LogP contribution < -0.4 is 5.32 Å². The van der Waals surface area contributed by atoms with Crippen LogP contribution in [-0.4, -0.2) is 10.9 Å². The van der Waals surface area contributed by atoms with Crippen molar-refractivity contribution in [2.75, 3.05) is 0 Å². The van der Waals surface area contributed by atoms with Gasteiger partial charge in [0, 0.05) is 24.5 Å². The maximum atomic E-state index is 12.0. The van der Waals surface area contributed by atoms with E-state index in [4.69, 9.17) is 5.26 Å². The quantitative estimate of drug-likeness (QED) is 0.904. The molecule has 0 aliphatic carbocycles. The Labute approximate surface area is 111 Å². The molecule has 0 aliphatic rings. The number of carbonyl (C=O) groups excluding carboxylic acids is 1. The van der Waals surface area contributed by atoms with Crippen LogP contribution in [0.5, 0.6) is 0 Å². The maximum absolute atomic E-state index is 12.0. The van der Waals surface area contributed by atoms with Crippen molar-refractivity contribution in [1.82, 2.24) is 10.3 Å². The molecule has 0 radical (unpaired) electrons. The van der Waals surface area contributed by atoms with Gasteiger partial charge in [-0.1, -0.05) is 12.1 Å². The van der Waals surface area contributed by atoms with Crippen LogP contribution in [0.15, 0.2) is 48.8 Å². The molecule has 1 aromatic heterocycles. The summed E-state index contributed by atoms with van der Waals surface area (Å²) in [5.74, 6) is -0.142. The number of nitrogens with zero attached hydrogens (tertiary/aromatic N) is 2. The van der Waals surface area contributed by atoms with E-state index in [0.29, 0.717) is 18.5 Å². The van der Waals surface area contributed by atoms with Gasteiger partial charge in [-0.15, -0.1) is 0 Å². The Kier molecular flexibility index (Phi) is 4.25. The van der Waals surface area contributed by atoms with Gasteiger partial charge in [0.1, 0.15) is 0 Å². The third kappa shape index (κ3) is 3.65. The van der Waals surface area contributed by atoms with Crippen LogP contribution in [0.1, 0.15) is 21.5 Å². The summed E-state index contributed by atoms with van der Waals surface area (Å²) in [6, 6.07) is 12.9. The summed E-state index contributed by atoms with van der Waals surface area (Å²) in [6.07, 6.45) is 3.69. The second-order valence-electron chi connectivity index (χ2n) is 4.07. The Morgan fingerprint density at radius 1 is 1.21 bits per heavy atom. The van der Waals surface area contributed by atoms with Crippen LogP contribution >= 0.6 is 0 Å². The average molecular weight is 251 g/mol. The third-order valence-corrected chi connectivity index (χ3v) is 2.67. The molecule has 0 atom stereocenters. The number of nitriles is 1. The number of carbonyl (C=O) groups is 1. The highest BCUT2D eigenvalue weighted by Crippen LogP contribution is 2.06. The van der Waals surface area contributed by atoms with Crippen molar-refractivity contribution in [3.8, 4) is 6.07 Å². The smallest absolute Gasteiger partial charge is 0.251 e. The Morgan fingerprint density at radius 2 is 2.00 bits per heavy atom. The molecular weight excluding hydrogens is 238 g/mol. The van der Waals surface area contributed by atoms with Crippen LogP contribution in [0, 0.1) is 11.3 Å². The lowest BCUT2D eigenvalue weighted by Gasteiger charge is -2.06. The number of hydrogen-bond donors (Lipinski definition) is 1. The van der Waals surface area contributed by atoms with Crippen molar-refractivity contribution in [1.29, 1.82) is 5.26 Å². The van der Waals surface area contributed by atoms with Crippen molar-refractivity contribution in [3.05, 3.63) is 65.5 Å². The van der Waals surface area contributed by atoms with Gasteiger partial charge in [0.15, 0.2) is 0 Å². The molecule has 0 saturated heterocycles. The zero-order chi connectivity index (χ0) is 13.5. The zero-order valence-corrected chi connectivity index (χ0v) is 10.3. The van der Waals surface area contributed by atoms with E-state index in [1.165, 1.54) is 0 Å². The summed E-state index contributed by atoms with van der Waals surface area (Å²) in [5, 5.41) is 11.5. The molecule has 4 nitrogen and oxygen atoms in total. The topological polar surface area (TPSA) is 65.8 Å². The van der Waals surface area contributed by atoms with Crippen LogP contribution in [0.4, 0.5) is 0 Å². The van der Waals surface area contributed by atoms with Gasteiger partial charge in [0.25, 0.3) is 5.91 Å². The van der Waals surface area contributed by atoms with Crippen LogP contribution in [-0.2, 0) is 13.0 Å². The molecular formula is C15H13N3O. The van der Waals surface area contributed by atoms with E-state index in [1.807, 2.05) is 18.2 Å². The number of benzene rings is 1. The van der Waals surface area contributed by atoms with Gasteiger partial charge in [-0.05, 0) is 35.4 Å². The second-order valence-corrected chi connectivity index (χ2v) is 4.07. The van der Waals surface area contributed by atoms with Crippen LogP contribution in [0.2, 0.25) is 0 Å². The lowest BCUT2D eigenvalue weighted by molar-refractivity contribution is 0.0951. The van der Waals surface area contributed by atoms with E-state index < -0.39 is 0 Å². The van der Waals surface area contributed by atoms with E-state index in [1.54, 1.807) is 30.6 Å². The Hall–Kier alpha value is -2.67. The molecule has 1 amide bonds. The normalized spacial score (nSPS) is 9.63. The van der Waals surface area contributed by atoms with Gasteiger partial charge in [-0.3, -0.25) is 9.78 Å². The van der Waals surface area contributed by atoms with Crippen molar-refractivity contribution in [3.63, 3.8) is 0 Å². The summed E-state index contributed by atoms with van der Waals surface area (Å²) in [4.78, 5) is 15.9. The van der Waals surface area contributed by atoms with Crippen LogP contribution in [0.25, 0.3) is 0 Å². The average Bonchev–Trinajstić information content (AvgIpc) is 2.46. The van der Waals surface area contributed by atoms with E-state index in [2.05, 4.69) is 16.4 Å². The summed E-state index contributed by atoms with van der Waals surface area (Å²) in [6.45, 7) is 0.462. The summed E-state index contributed by atoms with van der Waals surface area (Å²) >= 11 is 0. The fraction of sp³-hybridized carbons (Fsp3) is 0.133. The largest absolute Gasteiger partial charge is 0.348 e. The highest BCUT2D eigenvalue weighted by Gasteiger charge is 2.05. The highest BCUT2D eigenvalue weighted by atomic mass is 16.1. The first-order valence-electron chi connectivity index (χ1n) is 5.92. The first-order chi connectivity index (χ1) is 9.29. The molecule has 0 unspecified atom stereocenters. The lowest BCUT2D eigenvalue weighted by atomic mass is 10.1. The van der Waals surface area contributed by atoms with E-state index in [9.17, 15) is 4.79 Å². The Bertz CT molecular complexity index is 602. The second kappa shape index (κ2) is 6.31. The number of amides is 1. The predicted molar refractivity (Wildman–Crippen MR) is 71.2 cm³/mol. The predicted octanol–water partition coefficient (Wildman–Crippen LogP) is 2.08. The number of pyridine rings is 1. The minimum Gasteiger partial charge on any atom is -0.348 e. The maximum Gasteiger partial charge on any atom is 0.251 e. The van der Waals surface area contributed by atoms with Crippen molar-refractivity contribution >= 4 is 5.91 Å². The van der Waals surface area contributed by atoms with Gasteiger partial charge in [0.05, 0.1) is 12.5 Å². The van der Waals surface area contributed by atoms with Crippen molar-refractivity contribution in [2.45, 2.75) is 13.0 Å². The molecule has 0 saturated carbocycles. The SMILES string of the molecule is N#CCc1cccc(C(=O)NCc2ccncc2)c1. The number of nitrogens with one attached hydrogen (secondary N) is 1. The molecule has 0 bridgehead atoms. The minimum atomic E-state index is -0.142. The minimum absolute atomic E-state index is 0.142. The Morgan fingerprint density at radius 3 is 2.74 bits per heavy atom. The van der Waals surface area contributed by atoms with E-state index >= 15 is 0 Å². The fourth-order valence-electron chi connectivity index (χ4n) is 1.70. The number of hydrogen-bond acceptors (Lipinski definition) is 3. The monoisotopic (exact) mass is 251 g/mol. The molecule has 4 heteroatoms. The van der Waals surface area contributed by atoms with Gasteiger partial charge in [0.2, 0.25) is 0 Å². The number of aromatic nitrogens is 1. The van der Waals surface area contributed by atoms with Gasteiger partial charge in [-0.25, -0.2) is 0 Å². The molecule has 2 rings (SSSR count). The molecule has 1 aromatic carbocycles. The van der Waals surface area contributed by atoms with Gasteiger partial charge in [-0.2, -0.15) is 5.26 Å². The highest BCUT2D eigenvalue weighted by molar-refractivity contribution is 5.94. The molecule has 1 heterocycles. The third-order valence-electron chi connectivity index (χ3n) is 2.67. The molecule has 0 fully saturated rings. The summed E-state index contributed by atoms with van der Waals surface area (Å²) < 4.78 is 0. The summed E-state index contributed by atoms with van der Waals surface area (Å²) in [7, 11) is 0. The van der Waals surface area contributed by atoms with Gasteiger partial charge >= 0.3 is 0 Å². The molecule has 0 aliphatic heterocycles. The fourth-order valence-corrected chi connectivity index (χ4v) is 1.70. The van der Waals surface area contributed by atoms with Gasteiger partial charge < -0.3 is 5.32 Å². The lowest BCUT2D eigenvalue weighted by Crippen LogP contribution is -2.22. The van der Waals surface area contributed by atoms with Crippen LogP contribution in [0.3, 0.4) is 0 Å². The molecule has 19 heavy (non-hydrogen) atoms. The standard InChI is InChI=1S/C15H13N3O/c16-7-4-12-2-1-3-14(10-12)15(19)18-11-13-5-8-17-9-6-13/h1-3,5-6,8-10H,4,11H2,(H,18,19). The Balaban J connectivity index is 2.00. The van der Waals surface area contributed by atoms with Crippen molar-refractivity contribution < 1.29 is 4.79 Å². The first kappa shape index (κ1) is 12.8. The molecule has 1 N–H and O–H groups in total.